The second-order valence-electron chi connectivity index (χ2n) is 6.35. The quantitative estimate of drug-likeness (QED) is 0.662. The van der Waals surface area contributed by atoms with Gasteiger partial charge in [-0.05, 0) is 41.5 Å². The molecule has 0 saturated carbocycles. The number of thiophene rings is 1. The lowest BCUT2D eigenvalue weighted by Crippen LogP contribution is -2.41. The Morgan fingerprint density at radius 1 is 1.08 bits per heavy atom. The maximum Gasteiger partial charge on any atom is 0.326 e. The Bertz CT molecular complexity index is 754. The summed E-state index contributed by atoms with van der Waals surface area (Å²) in [5, 5.41) is 16.4. The maximum atomic E-state index is 12.2. The number of carboxylic acids is 1. The molecule has 1 unspecified atom stereocenters. The summed E-state index contributed by atoms with van der Waals surface area (Å²) in [6, 6.07) is 9.38. The van der Waals surface area contributed by atoms with Gasteiger partial charge in [-0.25, -0.2) is 4.79 Å². The first-order chi connectivity index (χ1) is 12.4. The van der Waals surface area contributed by atoms with Crippen molar-refractivity contribution in [1.29, 1.82) is 0 Å². The molecule has 26 heavy (non-hydrogen) atoms. The highest BCUT2D eigenvalue weighted by molar-refractivity contribution is 7.12. The maximum absolute atomic E-state index is 12.2. The molecule has 1 aromatic heterocycles. The third-order valence-electron chi connectivity index (χ3n) is 3.72. The molecular formula is C19H22N2O4S. The highest BCUT2D eigenvalue weighted by atomic mass is 32.1. The fraction of sp³-hybridized carbons (Fsp3) is 0.316. The number of carbonyl (C=O) groups is 3. The van der Waals surface area contributed by atoms with Crippen LogP contribution in [0.25, 0.3) is 0 Å². The Balaban J connectivity index is 1.92. The van der Waals surface area contributed by atoms with Crippen molar-refractivity contribution in [1.82, 2.24) is 10.6 Å². The summed E-state index contributed by atoms with van der Waals surface area (Å²) in [4.78, 5) is 36.0. The molecule has 1 aromatic carbocycles. The molecule has 138 valence electrons. The topological polar surface area (TPSA) is 95.5 Å². The predicted molar refractivity (Wildman–Crippen MR) is 100 cm³/mol. The molecule has 0 radical (unpaired) electrons. The van der Waals surface area contributed by atoms with Crippen LogP contribution in [0.2, 0.25) is 0 Å². The highest BCUT2D eigenvalue weighted by Crippen LogP contribution is 2.10. The molecule has 0 aliphatic carbocycles. The first kappa shape index (κ1) is 19.7. The number of nitrogens with one attached hydrogen (secondary N) is 2. The predicted octanol–water partition coefficient (Wildman–Crippen LogP) is 2.91. The van der Waals surface area contributed by atoms with E-state index in [0.717, 1.165) is 5.56 Å². The van der Waals surface area contributed by atoms with E-state index in [4.69, 9.17) is 0 Å². The van der Waals surface area contributed by atoms with Crippen LogP contribution in [0.1, 0.15) is 45.9 Å². The summed E-state index contributed by atoms with van der Waals surface area (Å²) in [5.41, 5.74) is 1.23. The lowest BCUT2D eigenvalue weighted by atomic mass is 10.0. The van der Waals surface area contributed by atoms with Crippen LogP contribution in [0.15, 0.2) is 41.8 Å². The van der Waals surface area contributed by atoms with Gasteiger partial charge in [0.25, 0.3) is 11.8 Å². The van der Waals surface area contributed by atoms with Gasteiger partial charge in [-0.1, -0.05) is 32.0 Å². The van der Waals surface area contributed by atoms with Gasteiger partial charge in [0.15, 0.2) is 0 Å². The van der Waals surface area contributed by atoms with E-state index in [1.807, 2.05) is 25.3 Å². The summed E-state index contributed by atoms with van der Waals surface area (Å²) < 4.78 is 0. The number of rotatable bonds is 8. The van der Waals surface area contributed by atoms with Crippen LogP contribution in [-0.2, 0) is 11.3 Å². The van der Waals surface area contributed by atoms with Crippen molar-refractivity contribution in [2.75, 3.05) is 0 Å². The van der Waals surface area contributed by atoms with E-state index < -0.39 is 17.9 Å². The largest absolute Gasteiger partial charge is 0.480 e. The van der Waals surface area contributed by atoms with Gasteiger partial charge in [-0.2, -0.15) is 0 Å². The SMILES string of the molecule is CC(C)CC(NC(=O)c1ccc(CNC(=O)c2cccs2)cc1)C(=O)O. The smallest absolute Gasteiger partial charge is 0.326 e. The van der Waals surface area contributed by atoms with Crippen molar-refractivity contribution in [2.24, 2.45) is 5.92 Å². The van der Waals surface area contributed by atoms with Crippen LogP contribution in [-0.4, -0.2) is 28.9 Å². The molecule has 1 atom stereocenters. The Morgan fingerprint density at radius 3 is 2.31 bits per heavy atom. The van der Waals surface area contributed by atoms with Crippen LogP contribution in [0.4, 0.5) is 0 Å². The minimum absolute atomic E-state index is 0.139. The zero-order valence-corrected chi connectivity index (χ0v) is 15.5. The molecule has 2 aromatic rings. The minimum Gasteiger partial charge on any atom is -0.480 e. The Morgan fingerprint density at radius 2 is 1.77 bits per heavy atom. The molecule has 1 heterocycles. The monoisotopic (exact) mass is 374 g/mol. The van der Waals surface area contributed by atoms with Crippen molar-refractivity contribution < 1.29 is 19.5 Å². The van der Waals surface area contributed by atoms with Gasteiger partial charge in [-0.3, -0.25) is 9.59 Å². The molecule has 7 heteroatoms. The molecule has 0 bridgehead atoms. The van der Waals surface area contributed by atoms with Crippen LogP contribution in [0, 0.1) is 5.92 Å². The fourth-order valence-electron chi connectivity index (χ4n) is 2.39. The normalized spacial score (nSPS) is 11.8. The van der Waals surface area contributed by atoms with Crippen molar-refractivity contribution in [3.63, 3.8) is 0 Å². The summed E-state index contributed by atoms with van der Waals surface area (Å²) in [6.45, 7) is 4.16. The second-order valence-corrected chi connectivity index (χ2v) is 7.30. The Hall–Kier alpha value is -2.67. The van der Waals surface area contributed by atoms with Gasteiger partial charge in [0.1, 0.15) is 6.04 Å². The van der Waals surface area contributed by atoms with Crippen molar-refractivity contribution in [3.8, 4) is 0 Å². The molecule has 0 fully saturated rings. The van der Waals surface area contributed by atoms with E-state index in [1.165, 1.54) is 11.3 Å². The van der Waals surface area contributed by atoms with Gasteiger partial charge in [0.2, 0.25) is 0 Å². The van der Waals surface area contributed by atoms with E-state index >= 15 is 0 Å². The standard InChI is InChI=1S/C19H22N2O4S/c1-12(2)10-15(19(24)25)21-17(22)14-7-5-13(6-8-14)11-20-18(23)16-4-3-9-26-16/h3-9,12,15H,10-11H2,1-2H3,(H,20,23)(H,21,22)(H,24,25). The number of aliphatic carboxylic acids is 1. The fourth-order valence-corrected chi connectivity index (χ4v) is 3.03. The zero-order valence-electron chi connectivity index (χ0n) is 14.7. The first-order valence-corrected chi connectivity index (χ1v) is 9.19. The van der Waals surface area contributed by atoms with E-state index in [-0.39, 0.29) is 11.8 Å². The zero-order chi connectivity index (χ0) is 19.1. The van der Waals surface area contributed by atoms with Crippen LogP contribution in [0.5, 0.6) is 0 Å². The number of hydrogen-bond donors (Lipinski definition) is 3. The average molecular weight is 374 g/mol. The van der Waals surface area contributed by atoms with Crippen LogP contribution >= 0.6 is 11.3 Å². The van der Waals surface area contributed by atoms with E-state index in [2.05, 4.69) is 10.6 Å². The molecule has 0 spiro atoms. The third-order valence-corrected chi connectivity index (χ3v) is 4.59. The number of amides is 2. The molecule has 0 aliphatic rings. The molecule has 0 aliphatic heterocycles. The van der Waals surface area contributed by atoms with Gasteiger partial charge < -0.3 is 15.7 Å². The summed E-state index contributed by atoms with van der Waals surface area (Å²) >= 11 is 1.37. The molecule has 3 N–H and O–H groups in total. The third kappa shape index (κ3) is 5.70. The van der Waals surface area contributed by atoms with E-state index in [1.54, 1.807) is 30.3 Å². The number of carbonyl (C=O) groups excluding carboxylic acids is 2. The average Bonchev–Trinajstić information content (AvgIpc) is 3.13. The van der Waals surface area contributed by atoms with E-state index in [0.29, 0.717) is 23.4 Å². The van der Waals surface area contributed by atoms with E-state index in [9.17, 15) is 19.5 Å². The number of carboxylic acid groups (broad SMARTS) is 1. The summed E-state index contributed by atoms with van der Waals surface area (Å²) in [7, 11) is 0. The lowest BCUT2D eigenvalue weighted by molar-refractivity contribution is -0.139. The van der Waals surface area contributed by atoms with Gasteiger partial charge in [0, 0.05) is 12.1 Å². The highest BCUT2D eigenvalue weighted by Gasteiger charge is 2.21. The number of benzene rings is 1. The Labute approximate surface area is 156 Å². The van der Waals surface area contributed by atoms with Gasteiger partial charge in [-0.15, -0.1) is 11.3 Å². The van der Waals surface area contributed by atoms with Gasteiger partial charge in [0.05, 0.1) is 4.88 Å². The molecule has 2 amide bonds. The van der Waals surface area contributed by atoms with Gasteiger partial charge >= 0.3 is 5.97 Å². The Kier molecular flexibility index (Phi) is 6.91. The van der Waals surface area contributed by atoms with Crippen molar-refractivity contribution in [3.05, 3.63) is 57.8 Å². The van der Waals surface area contributed by atoms with Crippen LogP contribution < -0.4 is 10.6 Å². The first-order valence-electron chi connectivity index (χ1n) is 8.31. The number of hydrogen-bond acceptors (Lipinski definition) is 4. The molecular weight excluding hydrogens is 352 g/mol. The lowest BCUT2D eigenvalue weighted by Gasteiger charge is -2.16. The van der Waals surface area contributed by atoms with Crippen LogP contribution in [0.3, 0.4) is 0 Å². The molecule has 0 saturated heterocycles. The summed E-state index contributed by atoms with van der Waals surface area (Å²) in [5.74, 6) is -1.45. The minimum atomic E-state index is -1.04. The van der Waals surface area contributed by atoms with Crippen molar-refractivity contribution >= 4 is 29.1 Å². The van der Waals surface area contributed by atoms with Crippen molar-refractivity contribution in [2.45, 2.75) is 32.9 Å². The second kappa shape index (κ2) is 9.15. The molecule has 2 rings (SSSR count). The molecule has 6 nitrogen and oxygen atoms in total. The summed E-state index contributed by atoms with van der Waals surface area (Å²) in [6.07, 6.45) is 0.369.